The van der Waals surface area contributed by atoms with Crippen LogP contribution in [0.3, 0.4) is 0 Å². The summed E-state index contributed by atoms with van der Waals surface area (Å²) < 4.78 is 1.73. The van der Waals surface area contributed by atoms with Crippen LogP contribution in [0, 0.1) is 6.92 Å². The van der Waals surface area contributed by atoms with E-state index in [1.54, 1.807) is 9.58 Å². The maximum Gasteiger partial charge on any atom is 0.277 e. The van der Waals surface area contributed by atoms with Gasteiger partial charge in [0.05, 0.1) is 12.2 Å². The van der Waals surface area contributed by atoms with Crippen molar-refractivity contribution in [2.45, 2.75) is 90.3 Å². The third-order valence-electron chi connectivity index (χ3n) is 6.71. The van der Waals surface area contributed by atoms with Crippen LogP contribution in [-0.2, 0) is 16.8 Å². The number of hydrogen-bond donors (Lipinski definition) is 1. The number of rotatable bonds is 3. The highest BCUT2D eigenvalue weighted by molar-refractivity contribution is 6.12. The van der Waals surface area contributed by atoms with Gasteiger partial charge in [0.25, 0.3) is 5.91 Å². The number of benzene rings is 1. The molecule has 2 aliphatic rings. The molecule has 0 spiro atoms. The molecule has 2 heterocycles. The summed E-state index contributed by atoms with van der Waals surface area (Å²) in [5, 5.41) is 8.00. The minimum Gasteiger partial charge on any atom is -0.351 e. The largest absolute Gasteiger partial charge is 0.351 e. The average Bonchev–Trinajstić information content (AvgIpc) is 3.15. The molecule has 2 amide bonds. The van der Waals surface area contributed by atoms with E-state index in [2.05, 4.69) is 26.1 Å². The zero-order valence-corrected chi connectivity index (χ0v) is 19.4. The highest BCUT2D eigenvalue weighted by Crippen LogP contribution is 2.36. The Morgan fingerprint density at radius 2 is 1.84 bits per heavy atom. The summed E-state index contributed by atoms with van der Waals surface area (Å²) in [5.41, 5.74) is 1.90. The van der Waals surface area contributed by atoms with E-state index in [-0.39, 0.29) is 23.3 Å². The zero-order valence-electron chi connectivity index (χ0n) is 19.4. The summed E-state index contributed by atoms with van der Waals surface area (Å²) >= 11 is 0. The van der Waals surface area contributed by atoms with Crippen LogP contribution in [0.2, 0.25) is 0 Å². The van der Waals surface area contributed by atoms with Crippen molar-refractivity contribution < 1.29 is 9.59 Å². The maximum atomic E-state index is 13.8. The van der Waals surface area contributed by atoms with Gasteiger partial charge in [-0.3, -0.25) is 19.2 Å². The van der Waals surface area contributed by atoms with Gasteiger partial charge in [-0.1, -0.05) is 58.2 Å². The Hall–Kier alpha value is -2.63. The fourth-order valence-corrected chi connectivity index (χ4v) is 4.73. The monoisotopic (exact) mass is 422 g/mol. The molecule has 1 N–H and O–H groups in total. The van der Waals surface area contributed by atoms with E-state index >= 15 is 0 Å². The van der Waals surface area contributed by atoms with Crippen molar-refractivity contribution in [3.05, 3.63) is 47.3 Å². The van der Waals surface area contributed by atoms with E-state index in [4.69, 9.17) is 5.10 Å². The molecule has 1 aromatic heterocycles. The fourth-order valence-electron chi connectivity index (χ4n) is 4.73. The van der Waals surface area contributed by atoms with Crippen molar-refractivity contribution >= 4 is 17.5 Å². The van der Waals surface area contributed by atoms with Crippen LogP contribution in [0.4, 0.5) is 5.69 Å². The van der Waals surface area contributed by atoms with Crippen molar-refractivity contribution in [3.63, 3.8) is 0 Å². The van der Waals surface area contributed by atoms with Crippen molar-refractivity contribution in [2.24, 2.45) is 0 Å². The molecule has 166 valence electrons. The van der Waals surface area contributed by atoms with Gasteiger partial charge in [-0.05, 0) is 44.4 Å². The van der Waals surface area contributed by atoms with E-state index in [0.717, 1.165) is 42.6 Å². The molecule has 1 fully saturated rings. The fraction of sp³-hybridized carbons (Fsp3) is 0.560. The number of aromatic nitrogens is 2. The lowest BCUT2D eigenvalue weighted by atomic mass is 9.90. The van der Waals surface area contributed by atoms with E-state index in [9.17, 15) is 9.59 Å². The van der Waals surface area contributed by atoms with Crippen LogP contribution < -0.4 is 10.2 Å². The van der Waals surface area contributed by atoms with Gasteiger partial charge in [-0.25, -0.2) is 0 Å². The number of hydrogen-bond acceptors (Lipinski definition) is 3. The van der Waals surface area contributed by atoms with Gasteiger partial charge in [-0.2, -0.15) is 5.10 Å². The second-order valence-corrected chi connectivity index (χ2v) is 10.3. The Morgan fingerprint density at radius 1 is 1.16 bits per heavy atom. The smallest absolute Gasteiger partial charge is 0.277 e. The second kappa shape index (κ2) is 7.81. The molecule has 4 rings (SSSR count). The Balaban J connectivity index is 1.78. The number of aryl methyl sites for hydroxylation is 1. The van der Waals surface area contributed by atoms with Crippen LogP contribution in [0.5, 0.6) is 0 Å². The molecule has 31 heavy (non-hydrogen) atoms. The summed E-state index contributed by atoms with van der Waals surface area (Å²) in [6.07, 6.45) is 5.51. The van der Waals surface area contributed by atoms with Crippen molar-refractivity contribution in [1.82, 2.24) is 15.1 Å². The molecule has 6 nitrogen and oxygen atoms in total. The number of para-hydroxylation sites is 1. The molecule has 1 unspecified atom stereocenters. The van der Waals surface area contributed by atoms with E-state index in [1.165, 1.54) is 6.42 Å². The molecule has 0 radical (unpaired) electrons. The lowest BCUT2D eigenvalue weighted by Crippen LogP contribution is -2.65. The molecule has 0 bridgehead atoms. The average molecular weight is 423 g/mol. The normalized spacial score (nSPS) is 22.4. The number of anilines is 1. The maximum absolute atomic E-state index is 13.8. The minimum atomic E-state index is -1.06. The van der Waals surface area contributed by atoms with Crippen LogP contribution in [0.25, 0.3) is 0 Å². The molecular weight excluding hydrogens is 388 g/mol. The SMILES string of the molecule is Cc1ccccc1N1C(=O)c2cc(C(C)(C)C)nn2CC1(C)C(=O)NC1CCCCC1. The third-order valence-corrected chi connectivity index (χ3v) is 6.71. The van der Waals surface area contributed by atoms with Crippen LogP contribution >= 0.6 is 0 Å². The summed E-state index contributed by atoms with van der Waals surface area (Å²) in [6, 6.07) is 9.84. The molecule has 1 aromatic carbocycles. The molecule has 1 saturated carbocycles. The Morgan fingerprint density at radius 3 is 2.48 bits per heavy atom. The molecule has 0 saturated heterocycles. The first-order valence-corrected chi connectivity index (χ1v) is 11.4. The van der Waals surface area contributed by atoms with Crippen LogP contribution in [0.15, 0.2) is 30.3 Å². The van der Waals surface area contributed by atoms with Crippen LogP contribution in [-0.4, -0.2) is 33.2 Å². The number of nitrogens with zero attached hydrogens (tertiary/aromatic N) is 3. The van der Waals surface area contributed by atoms with Gasteiger partial charge in [0, 0.05) is 17.1 Å². The standard InChI is InChI=1S/C25H34N4O2/c1-17-11-9-10-14-19(17)29-22(30)20-15-21(24(2,3)4)27-28(20)16-25(29,5)23(31)26-18-12-7-6-8-13-18/h9-11,14-15,18H,6-8,12-13,16H2,1-5H3,(H,26,31). The predicted molar refractivity (Wildman–Crippen MR) is 122 cm³/mol. The summed E-state index contributed by atoms with van der Waals surface area (Å²) in [6.45, 7) is 10.4. The van der Waals surface area contributed by atoms with Gasteiger partial charge in [0.15, 0.2) is 0 Å². The topological polar surface area (TPSA) is 67.2 Å². The first kappa shape index (κ1) is 21.6. The van der Waals surface area contributed by atoms with Gasteiger partial charge in [0.2, 0.25) is 5.91 Å². The van der Waals surface area contributed by atoms with E-state index in [1.807, 2.05) is 44.2 Å². The van der Waals surface area contributed by atoms with Gasteiger partial charge >= 0.3 is 0 Å². The van der Waals surface area contributed by atoms with Gasteiger partial charge < -0.3 is 5.32 Å². The highest BCUT2D eigenvalue weighted by atomic mass is 16.2. The quantitative estimate of drug-likeness (QED) is 0.799. The molecule has 1 aliphatic heterocycles. The molecular formula is C25H34N4O2. The number of carbonyl (C=O) groups excluding carboxylic acids is 2. The van der Waals surface area contributed by atoms with Crippen molar-refractivity contribution in [1.29, 1.82) is 0 Å². The minimum absolute atomic E-state index is 0.102. The molecule has 1 aliphatic carbocycles. The highest BCUT2D eigenvalue weighted by Gasteiger charge is 2.49. The Labute approximate surface area is 185 Å². The number of fused-ring (bicyclic) bond motifs is 1. The van der Waals surface area contributed by atoms with Gasteiger partial charge in [0.1, 0.15) is 11.2 Å². The second-order valence-electron chi connectivity index (χ2n) is 10.3. The van der Waals surface area contributed by atoms with Crippen LogP contribution in [0.1, 0.15) is 81.5 Å². The molecule has 6 heteroatoms. The van der Waals surface area contributed by atoms with Crippen molar-refractivity contribution in [3.8, 4) is 0 Å². The number of carbonyl (C=O) groups is 2. The zero-order chi connectivity index (χ0) is 22.4. The van der Waals surface area contributed by atoms with Crippen molar-refractivity contribution in [2.75, 3.05) is 4.90 Å². The first-order valence-electron chi connectivity index (χ1n) is 11.4. The summed E-state index contributed by atoms with van der Waals surface area (Å²) in [4.78, 5) is 29.2. The molecule has 2 aromatic rings. The summed E-state index contributed by atoms with van der Waals surface area (Å²) in [5.74, 6) is -0.278. The van der Waals surface area contributed by atoms with E-state index in [0.29, 0.717) is 12.2 Å². The number of amides is 2. The summed E-state index contributed by atoms with van der Waals surface area (Å²) in [7, 11) is 0. The third kappa shape index (κ3) is 3.88. The first-order chi connectivity index (χ1) is 14.6. The molecule has 1 atom stereocenters. The van der Waals surface area contributed by atoms with E-state index < -0.39 is 5.54 Å². The van der Waals surface area contributed by atoms with Gasteiger partial charge in [-0.15, -0.1) is 0 Å². The Kier molecular flexibility index (Phi) is 5.44. The number of nitrogens with one attached hydrogen (secondary N) is 1. The predicted octanol–water partition coefficient (Wildman–Crippen LogP) is 4.36. The lowest BCUT2D eigenvalue weighted by Gasteiger charge is -2.44. The Bertz CT molecular complexity index is 997. The lowest BCUT2D eigenvalue weighted by molar-refractivity contribution is -0.127.